The first-order valence-corrected chi connectivity index (χ1v) is 5.50. The third-order valence-corrected chi connectivity index (χ3v) is 2.60. The van der Waals surface area contributed by atoms with Crippen molar-refractivity contribution in [2.75, 3.05) is 11.1 Å². The van der Waals surface area contributed by atoms with E-state index < -0.39 is 11.7 Å². The van der Waals surface area contributed by atoms with Gasteiger partial charge in [-0.2, -0.15) is 13.2 Å². The molecule has 0 atom stereocenters. The van der Waals surface area contributed by atoms with E-state index in [1.807, 2.05) is 0 Å². The SMILES string of the molecule is Nc1cc(CC(=O)CBr)ccc1C(F)(F)F. The van der Waals surface area contributed by atoms with Gasteiger partial charge in [0.15, 0.2) is 0 Å². The zero-order valence-electron chi connectivity index (χ0n) is 8.14. The number of halogens is 4. The van der Waals surface area contributed by atoms with Crippen molar-refractivity contribution in [1.29, 1.82) is 0 Å². The van der Waals surface area contributed by atoms with E-state index in [1.54, 1.807) is 0 Å². The number of nitrogen functional groups attached to an aromatic ring is 1. The van der Waals surface area contributed by atoms with Crippen molar-refractivity contribution >= 4 is 27.4 Å². The maximum absolute atomic E-state index is 12.4. The Morgan fingerprint density at radius 1 is 1.38 bits per heavy atom. The van der Waals surface area contributed by atoms with Gasteiger partial charge < -0.3 is 5.73 Å². The van der Waals surface area contributed by atoms with Gasteiger partial charge in [0.2, 0.25) is 0 Å². The van der Waals surface area contributed by atoms with E-state index >= 15 is 0 Å². The van der Waals surface area contributed by atoms with Crippen LogP contribution in [0.2, 0.25) is 0 Å². The molecule has 0 spiro atoms. The summed E-state index contributed by atoms with van der Waals surface area (Å²) in [6.07, 6.45) is -4.38. The molecule has 0 radical (unpaired) electrons. The van der Waals surface area contributed by atoms with E-state index in [2.05, 4.69) is 15.9 Å². The average Bonchev–Trinajstić information content (AvgIpc) is 2.15. The van der Waals surface area contributed by atoms with Crippen molar-refractivity contribution in [2.24, 2.45) is 0 Å². The fourth-order valence-corrected chi connectivity index (χ4v) is 1.45. The van der Waals surface area contributed by atoms with Crippen molar-refractivity contribution in [3.63, 3.8) is 0 Å². The van der Waals surface area contributed by atoms with Gasteiger partial charge in [0, 0.05) is 12.1 Å². The summed E-state index contributed by atoms with van der Waals surface area (Å²) in [5, 5.41) is 0.175. The van der Waals surface area contributed by atoms with Gasteiger partial charge in [-0.25, -0.2) is 0 Å². The Bertz CT molecular complexity index is 404. The van der Waals surface area contributed by atoms with Crippen LogP contribution in [-0.4, -0.2) is 11.1 Å². The van der Waals surface area contributed by atoms with Gasteiger partial charge in [0.1, 0.15) is 5.78 Å². The van der Waals surface area contributed by atoms with Gasteiger partial charge in [0.25, 0.3) is 0 Å². The van der Waals surface area contributed by atoms with Gasteiger partial charge in [-0.15, -0.1) is 0 Å². The number of carbonyl (C=O) groups excluding carboxylic acids is 1. The lowest BCUT2D eigenvalue weighted by atomic mass is 10.1. The highest BCUT2D eigenvalue weighted by Crippen LogP contribution is 2.33. The van der Waals surface area contributed by atoms with Crippen molar-refractivity contribution < 1.29 is 18.0 Å². The van der Waals surface area contributed by atoms with E-state index in [4.69, 9.17) is 5.73 Å². The molecule has 0 bridgehead atoms. The predicted molar refractivity (Wildman–Crippen MR) is 58.4 cm³/mol. The number of Topliss-reactive ketones (excluding diaryl/α,β-unsaturated/α-hetero) is 1. The highest BCUT2D eigenvalue weighted by atomic mass is 79.9. The molecule has 6 heteroatoms. The van der Waals surface area contributed by atoms with E-state index in [0.717, 1.165) is 6.07 Å². The Morgan fingerprint density at radius 3 is 2.44 bits per heavy atom. The van der Waals surface area contributed by atoms with Crippen molar-refractivity contribution in [1.82, 2.24) is 0 Å². The molecule has 0 aliphatic rings. The standard InChI is InChI=1S/C10H9BrF3NO/c11-5-7(16)3-6-1-2-8(9(15)4-6)10(12,13)14/h1-2,4H,3,5,15H2. The molecule has 0 fully saturated rings. The van der Waals surface area contributed by atoms with Crippen molar-refractivity contribution in [2.45, 2.75) is 12.6 Å². The van der Waals surface area contributed by atoms with Crippen LogP contribution in [0.3, 0.4) is 0 Å². The summed E-state index contributed by atoms with van der Waals surface area (Å²) < 4.78 is 37.1. The Balaban J connectivity index is 2.96. The number of rotatable bonds is 3. The molecule has 0 heterocycles. The molecule has 0 unspecified atom stereocenters. The van der Waals surface area contributed by atoms with Gasteiger partial charge in [-0.3, -0.25) is 4.79 Å². The molecule has 16 heavy (non-hydrogen) atoms. The van der Waals surface area contributed by atoms with Crippen LogP contribution >= 0.6 is 15.9 Å². The first-order valence-electron chi connectivity index (χ1n) is 4.38. The summed E-state index contributed by atoms with van der Waals surface area (Å²) in [6.45, 7) is 0. The van der Waals surface area contributed by atoms with Crippen LogP contribution in [0.4, 0.5) is 18.9 Å². The van der Waals surface area contributed by atoms with Crippen LogP contribution in [0.5, 0.6) is 0 Å². The zero-order valence-corrected chi connectivity index (χ0v) is 9.73. The average molecular weight is 296 g/mol. The normalized spacial score (nSPS) is 11.5. The third kappa shape index (κ3) is 3.23. The smallest absolute Gasteiger partial charge is 0.398 e. The second-order valence-corrected chi connectivity index (χ2v) is 3.83. The Kier molecular flexibility index (Phi) is 3.96. The van der Waals surface area contributed by atoms with Crippen LogP contribution in [0.15, 0.2) is 18.2 Å². The molecule has 0 saturated heterocycles. The molecule has 1 aromatic rings. The third-order valence-electron chi connectivity index (χ3n) is 1.97. The molecule has 1 rings (SSSR count). The van der Waals surface area contributed by atoms with Crippen molar-refractivity contribution in [3.8, 4) is 0 Å². The van der Waals surface area contributed by atoms with E-state index in [-0.39, 0.29) is 23.2 Å². The molecule has 0 amide bonds. The number of alkyl halides is 4. The predicted octanol–water partition coefficient (Wildman–Crippen LogP) is 2.79. The molecule has 2 nitrogen and oxygen atoms in total. The maximum atomic E-state index is 12.4. The Labute approximate surface area is 98.8 Å². The highest BCUT2D eigenvalue weighted by Gasteiger charge is 2.32. The number of benzene rings is 1. The minimum absolute atomic E-state index is 0.0770. The number of hydrogen-bond donors (Lipinski definition) is 1. The second-order valence-electron chi connectivity index (χ2n) is 3.27. The molecular weight excluding hydrogens is 287 g/mol. The van der Waals surface area contributed by atoms with Gasteiger partial charge in [-0.05, 0) is 17.7 Å². The summed E-state index contributed by atoms with van der Waals surface area (Å²) in [7, 11) is 0. The second kappa shape index (κ2) is 4.86. The molecule has 2 N–H and O–H groups in total. The van der Waals surface area contributed by atoms with Crippen LogP contribution in [0.25, 0.3) is 0 Å². The van der Waals surface area contributed by atoms with Crippen LogP contribution < -0.4 is 5.73 Å². The fraction of sp³-hybridized carbons (Fsp3) is 0.300. The molecule has 1 aromatic carbocycles. The van der Waals surface area contributed by atoms with Crippen LogP contribution in [-0.2, 0) is 17.4 Å². The van der Waals surface area contributed by atoms with Crippen LogP contribution in [0, 0.1) is 0 Å². The summed E-state index contributed by atoms with van der Waals surface area (Å²) in [5.41, 5.74) is 4.54. The molecule has 88 valence electrons. The number of anilines is 1. The minimum atomic E-state index is -4.46. The van der Waals surface area contributed by atoms with E-state index in [1.165, 1.54) is 12.1 Å². The highest BCUT2D eigenvalue weighted by molar-refractivity contribution is 9.09. The summed E-state index contributed by atoms with van der Waals surface area (Å²) in [4.78, 5) is 11.1. The van der Waals surface area contributed by atoms with Gasteiger partial charge in [0.05, 0.1) is 10.9 Å². The summed E-state index contributed by atoms with van der Waals surface area (Å²) in [6, 6.07) is 3.34. The molecular formula is C10H9BrF3NO. The summed E-state index contributed by atoms with van der Waals surface area (Å²) in [5.74, 6) is -0.112. The number of ketones is 1. The lowest BCUT2D eigenvalue weighted by molar-refractivity contribution is -0.136. The topological polar surface area (TPSA) is 43.1 Å². The van der Waals surface area contributed by atoms with Gasteiger partial charge >= 0.3 is 6.18 Å². The van der Waals surface area contributed by atoms with Crippen molar-refractivity contribution in [3.05, 3.63) is 29.3 Å². The number of nitrogens with two attached hydrogens (primary N) is 1. The van der Waals surface area contributed by atoms with Gasteiger partial charge in [-0.1, -0.05) is 22.0 Å². The monoisotopic (exact) mass is 295 g/mol. The quantitative estimate of drug-likeness (QED) is 0.688. The van der Waals surface area contributed by atoms with E-state index in [9.17, 15) is 18.0 Å². The number of carbonyl (C=O) groups is 1. The molecule has 0 saturated carbocycles. The minimum Gasteiger partial charge on any atom is -0.398 e. The molecule has 0 aromatic heterocycles. The van der Waals surface area contributed by atoms with E-state index in [0.29, 0.717) is 5.56 Å². The summed E-state index contributed by atoms with van der Waals surface area (Å²) >= 11 is 2.98. The lowest BCUT2D eigenvalue weighted by Gasteiger charge is -2.10. The molecule has 0 aliphatic carbocycles. The fourth-order valence-electron chi connectivity index (χ4n) is 1.26. The first kappa shape index (κ1) is 13.0. The first-order chi connectivity index (χ1) is 7.34. The molecule has 0 aliphatic heterocycles. The largest absolute Gasteiger partial charge is 0.418 e. The zero-order chi connectivity index (χ0) is 12.3. The Hall–Kier alpha value is -1.04. The maximum Gasteiger partial charge on any atom is 0.418 e. The lowest BCUT2D eigenvalue weighted by Crippen LogP contribution is -2.10. The van der Waals surface area contributed by atoms with Crippen LogP contribution in [0.1, 0.15) is 11.1 Å². The number of hydrogen-bond acceptors (Lipinski definition) is 2. The Morgan fingerprint density at radius 2 is 2.00 bits per heavy atom.